The number of carboxylic acid groups (broad SMARTS) is 1. The second-order valence-electron chi connectivity index (χ2n) is 3.44. The molecule has 0 aliphatic heterocycles. The summed E-state index contributed by atoms with van der Waals surface area (Å²) >= 11 is 0. The minimum atomic E-state index is -0.826. The molecule has 1 aromatic rings. The molecule has 0 aliphatic rings. The van der Waals surface area contributed by atoms with Gasteiger partial charge < -0.3 is 9.84 Å². The van der Waals surface area contributed by atoms with Gasteiger partial charge in [0.2, 0.25) is 0 Å². The van der Waals surface area contributed by atoms with E-state index in [4.69, 9.17) is 9.84 Å². The molecule has 0 fully saturated rings. The topological polar surface area (TPSA) is 64.4 Å². The van der Waals surface area contributed by atoms with E-state index in [9.17, 15) is 4.79 Å². The van der Waals surface area contributed by atoms with Crippen LogP contribution in [0.2, 0.25) is 0 Å². The second-order valence-corrected chi connectivity index (χ2v) is 3.44. The van der Waals surface area contributed by atoms with Crippen LogP contribution >= 0.6 is 0 Å². The van der Waals surface area contributed by atoms with Crippen LogP contribution in [0.1, 0.15) is 17.0 Å². The quantitative estimate of drug-likeness (QED) is 0.783. The molecule has 0 bridgehead atoms. The smallest absolute Gasteiger partial charge is 0.307 e. The standard InChI is InChI=1S/C10H16N2O3/c1-7-9(6-10(13)14)8(2)12(11-7)4-5-15-3/h4-6H2,1-3H3,(H,13,14). The highest BCUT2D eigenvalue weighted by Crippen LogP contribution is 2.13. The Morgan fingerprint density at radius 1 is 1.53 bits per heavy atom. The van der Waals surface area contributed by atoms with Gasteiger partial charge in [0, 0.05) is 18.4 Å². The van der Waals surface area contributed by atoms with Crippen LogP contribution in [0.3, 0.4) is 0 Å². The Morgan fingerprint density at radius 2 is 2.20 bits per heavy atom. The third-order valence-electron chi connectivity index (χ3n) is 2.37. The number of aryl methyl sites for hydroxylation is 1. The van der Waals surface area contributed by atoms with Crippen LogP contribution in [-0.4, -0.2) is 34.6 Å². The van der Waals surface area contributed by atoms with Crippen molar-refractivity contribution in [2.24, 2.45) is 0 Å². The first-order valence-electron chi connectivity index (χ1n) is 4.80. The Kier molecular flexibility index (Phi) is 3.85. The average Bonchev–Trinajstić information content (AvgIpc) is 2.42. The molecule has 0 aromatic carbocycles. The third-order valence-corrected chi connectivity index (χ3v) is 2.37. The van der Waals surface area contributed by atoms with Crippen LogP contribution in [0.15, 0.2) is 0 Å². The van der Waals surface area contributed by atoms with Gasteiger partial charge in [-0.25, -0.2) is 0 Å². The number of carbonyl (C=O) groups is 1. The van der Waals surface area contributed by atoms with Gasteiger partial charge in [0.1, 0.15) is 0 Å². The second kappa shape index (κ2) is 4.93. The van der Waals surface area contributed by atoms with Crippen molar-refractivity contribution in [3.63, 3.8) is 0 Å². The first-order valence-corrected chi connectivity index (χ1v) is 4.80. The van der Waals surface area contributed by atoms with E-state index >= 15 is 0 Å². The van der Waals surface area contributed by atoms with Crippen molar-refractivity contribution in [2.45, 2.75) is 26.8 Å². The van der Waals surface area contributed by atoms with Crippen LogP contribution in [0.25, 0.3) is 0 Å². The van der Waals surface area contributed by atoms with E-state index in [2.05, 4.69) is 5.10 Å². The first kappa shape index (κ1) is 11.7. The number of methoxy groups -OCH3 is 1. The summed E-state index contributed by atoms with van der Waals surface area (Å²) in [5, 5.41) is 13.0. The molecule has 0 atom stereocenters. The predicted octanol–water partition coefficient (Wildman–Crippen LogP) is 0.773. The molecule has 0 saturated carbocycles. The van der Waals surface area contributed by atoms with E-state index in [0.717, 1.165) is 17.0 Å². The number of hydrogen-bond donors (Lipinski definition) is 1. The van der Waals surface area contributed by atoms with E-state index < -0.39 is 5.97 Å². The van der Waals surface area contributed by atoms with Gasteiger partial charge in [0.05, 0.1) is 25.3 Å². The molecule has 0 unspecified atom stereocenters. The molecule has 84 valence electrons. The maximum absolute atomic E-state index is 10.6. The highest BCUT2D eigenvalue weighted by Gasteiger charge is 2.13. The van der Waals surface area contributed by atoms with Crippen LogP contribution in [0.5, 0.6) is 0 Å². The molecule has 0 radical (unpaired) electrons. The molecule has 1 N–H and O–H groups in total. The van der Waals surface area contributed by atoms with Gasteiger partial charge >= 0.3 is 5.97 Å². The Balaban J connectivity index is 2.87. The molecule has 5 nitrogen and oxygen atoms in total. The zero-order valence-corrected chi connectivity index (χ0v) is 9.28. The zero-order valence-electron chi connectivity index (χ0n) is 9.28. The van der Waals surface area contributed by atoms with E-state index in [-0.39, 0.29) is 6.42 Å². The van der Waals surface area contributed by atoms with E-state index in [0.29, 0.717) is 13.2 Å². The molecular weight excluding hydrogens is 196 g/mol. The van der Waals surface area contributed by atoms with E-state index in [1.807, 2.05) is 13.8 Å². The fraction of sp³-hybridized carbons (Fsp3) is 0.600. The normalized spacial score (nSPS) is 10.6. The fourth-order valence-corrected chi connectivity index (χ4v) is 1.54. The van der Waals surface area contributed by atoms with Crippen molar-refractivity contribution in [3.8, 4) is 0 Å². The summed E-state index contributed by atoms with van der Waals surface area (Å²) in [6.45, 7) is 4.94. The van der Waals surface area contributed by atoms with E-state index in [1.54, 1.807) is 11.8 Å². The summed E-state index contributed by atoms with van der Waals surface area (Å²) < 4.78 is 6.74. The Hall–Kier alpha value is -1.36. The van der Waals surface area contributed by atoms with Crippen molar-refractivity contribution < 1.29 is 14.6 Å². The number of nitrogens with zero attached hydrogens (tertiary/aromatic N) is 2. The number of rotatable bonds is 5. The highest BCUT2D eigenvalue weighted by molar-refractivity contribution is 5.70. The van der Waals surface area contributed by atoms with Crippen molar-refractivity contribution in [3.05, 3.63) is 17.0 Å². The van der Waals surface area contributed by atoms with Gasteiger partial charge in [-0.05, 0) is 13.8 Å². The average molecular weight is 212 g/mol. The molecular formula is C10H16N2O3. The van der Waals surface area contributed by atoms with Gasteiger partial charge in [-0.1, -0.05) is 0 Å². The lowest BCUT2D eigenvalue weighted by Crippen LogP contribution is -2.08. The molecule has 0 aliphatic carbocycles. The monoisotopic (exact) mass is 212 g/mol. The lowest BCUT2D eigenvalue weighted by Gasteiger charge is -2.03. The fourth-order valence-electron chi connectivity index (χ4n) is 1.54. The lowest BCUT2D eigenvalue weighted by molar-refractivity contribution is -0.136. The summed E-state index contributed by atoms with van der Waals surface area (Å²) in [6.07, 6.45) is 0.0324. The van der Waals surface area contributed by atoms with E-state index in [1.165, 1.54) is 0 Å². The number of ether oxygens (including phenoxy) is 1. The molecule has 1 heterocycles. The first-order chi connectivity index (χ1) is 7.06. The van der Waals surface area contributed by atoms with Crippen LogP contribution in [0.4, 0.5) is 0 Å². The molecule has 0 amide bonds. The molecule has 0 spiro atoms. The van der Waals surface area contributed by atoms with Gasteiger partial charge in [-0.2, -0.15) is 5.10 Å². The largest absolute Gasteiger partial charge is 0.481 e. The molecule has 5 heteroatoms. The van der Waals surface area contributed by atoms with Crippen LogP contribution in [0, 0.1) is 13.8 Å². The van der Waals surface area contributed by atoms with Crippen molar-refractivity contribution >= 4 is 5.97 Å². The summed E-state index contributed by atoms with van der Waals surface area (Å²) in [4.78, 5) is 10.6. The Morgan fingerprint density at radius 3 is 2.73 bits per heavy atom. The Labute approximate surface area is 88.7 Å². The number of carboxylic acids is 1. The molecule has 0 saturated heterocycles. The zero-order chi connectivity index (χ0) is 11.4. The summed E-state index contributed by atoms with van der Waals surface area (Å²) in [5.74, 6) is -0.826. The van der Waals surface area contributed by atoms with Gasteiger partial charge in [0.15, 0.2) is 0 Å². The summed E-state index contributed by atoms with van der Waals surface area (Å²) in [5.41, 5.74) is 2.50. The van der Waals surface area contributed by atoms with Crippen molar-refractivity contribution in [2.75, 3.05) is 13.7 Å². The molecule has 15 heavy (non-hydrogen) atoms. The molecule has 1 rings (SSSR count). The van der Waals surface area contributed by atoms with Crippen molar-refractivity contribution in [1.82, 2.24) is 9.78 Å². The number of aliphatic carboxylic acids is 1. The van der Waals surface area contributed by atoms with Crippen molar-refractivity contribution in [1.29, 1.82) is 0 Å². The van der Waals surface area contributed by atoms with Gasteiger partial charge in [0.25, 0.3) is 0 Å². The number of hydrogen-bond acceptors (Lipinski definition) is 3. The maximum Gasteiger partial charge on any atom is 0.307 e. The van der Waals surface area contributed by atoms with Crippen LogP contribution in [-0.2, 0) is 22.5 Å². The van der Waals surface area contributed by atoms with Crippen LogP contribution < -0.4 is 0 Å². The molecule has 1 aromatic heterocycles. The minimum absolute atomic E-state index is 0.0324. The summed E-state index contributed by atoms with van der Waals surface area (Å²) in [6, 6.07) is 0. The lowest BCUT2D eigenvalue weighted by atomic mass is 10.1. The predicted molar refractivity (Wildman–Crippen MR) is 54.9 cm³/mol. The third kappa shape index (κ3) is 2.79. The van der Waals surface area contributed by atoms with Gasteiger partial charge in [-0.15, -0.1) is 0 Å². The Bertz CT molecular complexity index is 358. The van der Waals surface area contributed by atoms with Gasteiger partial charge in [-0.3, -0.25) is 9.48 Å². The SMILES string of the molecule is COCCn1nc(C)c(CC(=O)O)c1C. The maximum atomic E-state index is 10.6. The minimum Gasteiger partial charge on any atom is -0.481 e. The summed E-state index contributed by atoms with van der Waals surface area (Å²) in [7, 11) is 1.63. The highest BCUT2D eigenvalue weighted by atomic mass is 16.5. The number of aromatic nitrogens is 2.